The number of allylic oxidation sites excluding steroid dienone is 1. The Balaban J connectivity index is 3.56. The van der Waals surface area contributed by atoms with Gasteiger partial charge in [0.05, 0.1) is 0 Å². The summed E-state index contributed by atoms with van der Waals surface area (Å²) in [5.41, 5.74) is 9.78. The van der Waals surface area contributed by atoms with Gasteiger partial charge in [0.1, 0.15) is 0 Å². The van der Waals surface area contributed by atoms with Crippen molar-refractivity contribution in [3.63, 3.8) is 0 Å². The quantitative estimate of drug-likeness (QED) is 0.297. The van der Waals surface area contributed by atoms with Crippen molar-refractivity contribution in [3.8, 4) is 0 Å². The van der Waals surface area contributed by atoms with Crippen LogP contribution in [0.25, 0.3) is 0 Å². The summed E-state index contributed by atoms with van der Waals surface area (Å²) in [4.78, 5) is 0. The highest BCUT2D eigenvalue weighted by molar-refractivity contribution is 4.90. The molecule has 42 valence electrons. The normalized spacial score (nSPS) is 13.1. The lowest BCUT2D eigenvalue weighted by Gasteiger charge is -2.08. The van der Waals surface area contributed by atoms with E-state index < -0.39 is 5.85 Å². The summed E-state index contributed by atoms with van der Waals surface area (Å²) < 4.78 is 0. The van der Waals surface area contributed by atoms with Crippen molar-refractivity contribution in [2.45, 2.75) is 12.8 Å². The van der Waals surface area contributed by atoms with E-state index in [2.05, 4.69) is 0 Å². The first-order valence-electron chi connectivity index (χ1n) is 2.00. The van der Waals surface area contributed by atoms with Crippen LogP contribution in [0, 0.1) is 0 Å². The van der Waals surface area contributed by atoms with Gasteiger partial charge in [0, 0.05) is 0 Å². The maximum Gasteiger partial charge on any atom is 0.187 e. The largest absolute Gasteiger partial charge is 0.360 e. The van der Waals surface area contributed by atoms with E-state index in [1.54, 1.807) is 13.0 Å². The summed E-state index contributed by atoms with van der Waals surface area (Å²) in [7, 11) is 0. The van der Waals surface area contributed by atoms with Crippen molar-refractivity contribution in [1.29, 1.82) is 0 Å². The van der Waals surface area contributed by atoms with Gasteiger partial charge in [0.2, 0.25) is 0 Å². The molecule has 0 unspecified atom stereocenters. The van der Waals surface area contributed by atoms with Crippen LogP contribution in [0.1, 0.15) is 6.92 Å². The first-order valence-corrected chi connectivity index (χ1v) is 2.00. The molecule has 0 atom stereocenters. The Morgan fingerprint density at radius 2 is 2.00 bits per heavy atom. The van der Waals surface area contributed by atoms with Gasteiger partial charge in [-0.25, -0.2) is 0 Å². The topological polar surface area (TPSA) is 72.3 Å². The summed E-state index contributed by atoms with van der Waals surface area (Å²) in [5, 5.41) is 8.49. The van der Waals surface area contributed by atoms with Crippen molar-refractivity contribution in [1.82, 2.24) is 0 Å². The van der Waals surface area contributed by atoms with Gasteiger partial charge in [-0.1, -0.05) is 6.08 Å². The van der Waals surface area contributed by atoms with Crippen LogP contribution in [-0.2, 0) is 0 Å². The molecule has 0 aromatic rings. The lowest BCUT2D eigenvalue weighted by atomic mass is 10.4. The van der Waals surface area contributed by atoms with Gasteiger partial charge < -0.3 is 5.11 Å². The molecule has 0 saturated heterocycles. The average Bonchev–Trinajstić information content (AvgIpc) is 1.30. The van der Waals surface area contributed by atoms with Gasteiger partial charge in [0.25, 0.3) is 0 Å². The smallest absolute Gasteiger partial charge is 0.187 e. The van der Waals surface area contributed by atoms with Gasteiger partial charge in [-0.3, -0.25) is 11.5 Å². The van der Waals surface area contributed by atoms with Crippen LogP contribution in [-0.4, -0.2) is 11.0 Å². The number of nitrogens with two attached hydrogens (primary N) is 2. The highest BCUT2D eigenvalue weighted by Crippen LogP contribution is 1.82. The molecule has 0 amide bonds. The van der Waals surface area contributed by atoms with Crippen LogP contribution in [0.3, 0.4) is 0 Å². The van der Waals surface area contributed by atoms with E-state index >= 15 is 0 Å². The third-order valence-electron chi connectivity index (χ3n) is 0.434. The number of hydrogen-bond donors (Lipinski definition) is 3. The summed E-state index contributed by atoms with van der Waals surface area (Å²) in [5.74, 6) is -1.63. The minimum Gasteiger partial charge on any atom is -0.360 e. The first-order chi connectivity index (χ1) is 3.06. The second-order valence-corrected chi connectivity index (χ2v) is 1.39. The van der Waals surface area contributed by atoms with Crippen molar-refractivity contribution >= 4 is 0 Å². The second kappa shape index (κ2) is 2.07. The molecule has 0 aliphatic rings. The van der Waals surface area contributed by atoms with Crippen LogP contribution >= 0.6 is 0 Å². The van der Waals surface area contributed by atoms with Crippen molar-refractivity contribution < 1.29 is 5.11 Å². The SMILES string of the molecule is C/C=C/C(N)(N)O. The molecule has 0 fully saturated rings. The molecular weight excluding hydrogens is 92.1 g/mol. The molecule has 0 aromatic carbocycles. The second-order valence-electron chi connectivity index (χ2n) is 1.39. The maximum atomic E-state index is 8.49. The summed E-state index contributed by atoms with van der Waals surface area (Å²) in [6.45, 7) is 1.73. The Hall–Kier alpha value is -0.380. The number of rotatable bonds is 1. The Bertz CT molecular complexity index is 72.2. The molecule has 0 saturated carbocycles. The van der Waals surface area contributed by atoms with E-state index in [-0.39, 0.29) is 0 Å². The van der Waals surface area contributed by atoms with Gasteiger partial charge in [-0.2, -0.15) is 0 Å². The number of hydrogen-bond acceptors (Lipinski definition) is 3. The average molecular weight is 102 g/mol. The third-order valence-corrected chi connectivity index (χ3v) is 0.434. The van der Waals surface area contributed by atoms with Gasteiger partial charge in [0.15, 0.2) is 5.85 Å². The molecular formula is C4H10N2O. The Morgan fingerprint density at radius 1 is 1.57 bits per heavy atom. The molecule has 7 heavy (non-hydrogen) atoms. The van der Waals surface area contributed by atoms with E-state index in [0.717, 1.165) is 0 Å². The highest BCUT2D eigenvalue weighted by atomic mass is 16.3. The molecule has 3 nitrogen and oxygen atoms in total. The molecule has 0 radical (unpaired) electrons. The fourth-order valence-electron chi connectivity index (χ4n) is 0.267. The zero-order valence-corrected chi connectivity index (χ0v) is 4.26. The standard InChI is InChI=1S/C4H10N2O/c1-2-3-4(5,6)7/h2-3,7H,5-6H2,1H3/b3-2+. The van der Waals surface area contributed by atoms with Gasteiger partial charge >= 0.3 is 0 Å². The fraction of sp³-hybridized carbons (Fsp3) is 0.500. The van der Waals surface area contributed by atoms with Gasteiger partial charge in [-0.05, 0) is 13.0 Å². The third kappa shape index (κ3) is 5.62. The predicted molar refractivity (Wildman–Crippen MR) is 28.1 cm³/mol. The lowest BCUT2D eigenvalue weighted by Crippen LogP contribution is -2.46. The Labute approximate surface area is 42.6 Å². The van der Waals surface area contributed by atoms with Crippen LogP contribution in [0.5, 0.6) is 0 Å². The minimum atomic E-state index is -1.63. The van der Waals surface area contributed by atoms with Gasteiger partial charge in [-0.15, -0.1) is 0 Å². The Kier molecular flexibility index (Phi) is 1.95. The molecule has 0 aliphatic carbocycles. The van der Waals surface area contributed by atoms with E-state index in [0.29, 0.717) is 0 Å². The molecule has 3 heteroatoms. The minimum absolute atomic E-state index is 1.30. The van der Waals surface area contributed by atoms with Crippen molar-refractivity contribution in [2.75, 3.05) is 0 Å². The summed E-state index contributed by atoms with van der Waals surface area (Å²) in [6.07, 6.45) is 2.88. The van der Waals surface area contributed by atoms with Crippen LogP contribution in [0.15, 0.2) is 12.2 Å². The summed E-state index contributed by atoms with van der Waals surface area (Å²) in [6, 6.07) is 0. The van der Waals surface area contributed by atoms with E-state index in [1.807, 2.05) is 0 Å². The van der Waals surface area contributed by atoms with Crippen molar-refractivity contribution in [2.24, 2.45) is 11.5 Å². The lowest BCUT2D eigenvalue weighted by molar-refractivity contribution is 0.106. The Morgan fingerprint density at radius 3 is 2.00 bits per heavy atom. The molecule has 0 aliphatic heterocycles. The monoisotopic (exact) mass is 102 g/mol. The van der Waals surface area contributed by atoms with Crippen LogP contribution < -0.4 is 11.5 Å². The zero-order valence-electron chi connectivity index (χ0n) is 4.26. The molecule has 0 bridgehead atoms. The predicted octanol–water partition coefficient (Wildman–Crippen LogP) is -0.874. The highest BCUT2D eigenvalue weighted by Gasteiger charge is 2.04. The number of aliphatic hydroxyl groups is 1. The van der Waals surface area contributed by atoms with E-state index in [9.17, 15) is 0 Å². The summed E-state index contributed by atoms with van der Waals surface area (Å²) >= 11 is 0. The molecule has 0 aromatic heterocycles. The van der Waals surface area contributed by atoms with Crippen molar-refractivity contribution in [3.05, 3.63) is 12.2 Å². The molecule has 5 N–H and O–H groups in total. The zero-order chi connectivity index (χ0) is 5.91. The molecule has 0 spiro atoms. The molecule has 0 heterocycles. The fourth-order valence-corrected chi connectivity index (χ4v) is 0.267. The van der Waals surface area contributed by atoms with Crippen LogP contribution in [0.4, 0.5) is 0 Å². The van der Waals surface area contributed by atoms with Crippen LogP contribution in [0.2, 0.25) is 0 Å². The maximum absolute atomic E-state index is 8.49. The molecule has 0 rings (SSSR count). The van der Waals surface area contributed by atoms with E-state index in [4.69, 9.17) is 16.6 Å². The van der Waals surface area contributed by atoms with E-state index in [1.165, 1.54) is 6.08 Å². The first kappa shape index (κ1) is 6.62.